The molecule has 0 spiro atoms. The molecule has 0 aliphatic carbocycles. The fourth-order valence-corrected chi connectivity index (χ4v) is 2.07. The minimum Gasteiger partial charge on any atom is -0.391 e. The summed E-state index contributed by atoms with van der Waals surface area (Å²) in [6.45, 7) is 6.04. The molecule has 108 valence electrons. The molecule has 0 radical (unpaired) electrons. The zero-order valence-electron chi connectivity index (χ0n) is 12.0. The van der Waals surface area contributed by atoms with Crippen molar-refractivity contribution >= 4 is 17.7 Å². The summed E-state index contributed by atoms with van der Waals surface area (Å²) in [5, 5.41) is 21.2. The van der Waals surface area contributed by atoms with E-state index in [4.69, 9.17) is 5.26 Å². The van der Waals surface area contributed by atoms with E-state index in [0.717, 1.165) is 4.90 Å². The van der Waals surface area contributed by atoms with Gasteiger partial charge in [0.2, 0.25) is 5.91 Å². The van der Waals surface area contributed by atoms with Crippen molar-refractivity contribution in [1.82, 2.24) is 5.32 Å². The van der Waals surface area contributed by atoms with Gasteiger partial charge in [0.05, 0.1) is 23.5 Å². The van der Waals surface area contributed by atoms with Crippen LogP contribution in [0.25, 0.3) is 0 Å². The highest BCUT2D eigenvalue weighted by Crippen LogP contribution is 2.19. The SMILES string of the molecule is CC(C)(C)C(O)CNC(=O)CSc1ccc(C#N)cc1. The molecule has 1 aromatic carbocycles. The van der Waals surface area contributed by atoms with Crippen molar-refractivity contribution in [2.24, 2.45) is 5.41 Å². The smallest absolute Gasteiger partial charge is 0.230 e. The minimum absolute atomic E-state index is 0.109. The number of nitriles is 1. The van der Waals surface area contributed by atoms with E-state index < -0.39 is 6.10 Å². The molecule has 2 N–H and O–H groups in total. The van der Waals surface area contributed by atoms with Crippen molar-refractivity contribution in [1.29, 1.82) is 5.26 Å². The second-order valence-corrected chi connectivity index (χ2v) is 6.66. The lowest BCUT2D eigenvalue weighted by atomic mass is 9.89. The summed E-state index contributed by atoms with van der Waals surface area (Å²) >= 11 is 1.40. The first-order chi connectivity index (χ1) is 9.32. The van der Waals surface area contributed by atoms with E-state index in [1.807, 2.05) is 39.0 Å². The van der Waals surface area contributed by atoms with Crippen molar-refractivity contribution in [2.45, 2.75) is 31.8 Å². The van der Waals surface area contributed by atoms with Crippen LogP contribution in [0.4, 0.5) is 0 Å². The van der Waals surface area contributed by atoms with E-state index in [9.17, 15) is 9.90 Å². The van der Waals surface area contributed by atoms with E-state index >= 15 is 0 Å². The summed E-state index contributed by atoms with van der Waals surface area (Å²) < 4.78 is 0. The standard InChI is InChI=1S/C15H20N2O2S/c1-15(2,3)13(18)9-17-14(19)10-20-12-6-4-11(8-16)5-7-12/h4-7,13,18H,9-10H2,1-3H3,(H,17,19). The summed E-state index contributed by atoms with van der Waals surface area (Å²) in [5.41, 5.74) is 0.361. The van der Waals surface area contributed by atoms with E-state index in [1.54, 1.807) is 12.1 Å². The molecule has 0 saturated heterocycles. The monoisotopic (exact) mass is 292 g/mol. The Morgan fingerprint density at radius 1 is 1.40 bits per heavy atom. The summed E-state index contributed by atoms with van der Waals surface area (Å²) in [5.74, 6) is 0.186. The van der Waals surface area contributed by atoms with Crippen molar-refractivity contribution in [2.75, 3.05) is 12.3 Å². The third kappa shape index (κ3) is 5.64. The Labute approximate surface area is 124 Å². The highest BCUT2D eigenvalue weighted by Gasteiger charge is 2.22. The lowest BCUT2D eigenvalue weighted by Crippen LogP contribution is -2.39. The minimum atomic E-state index is -0.564. The van der Waals surface area contributed by atoms with Gasteiger partial charge in [-0.3, -0.25) is 4.79 Å². The van der Waals surface area contributed by atoms with Crippen LogP contribution in [0.5, 0.6) is 0 Å². The van der Waals surface area contributed by atoms with Crippen LogP contribution in [-0.2, 0) is 4.79 Å². The fraction of sp³-hybridized carbons (Fsp3) is 0.467. The first-order valence-electron chi connectivity index (χ1n) is 6.40. The number of benzene rings is 1. The molecule has 4 nitrogen and oxygen atoms in total. The van der Waals surface area contributed by atoms with Gasteiger partial charge >= 0.3 is 0 Å². The maximum absolute atomic E-state index is 11.7. The van der Waals surface area contributed by atoms with Gasteiger partial charge in [-0.05, 0) is 29.7 Å². The molecule has 0 saturated carbocycles. The maximum Gasteiger partial charge on any atom is 0.230 e. The van der Waals surface area contributed by atoms with Gasteiger partial charge in [0, 0.05) is 11.4 Å². The molecule has 1 aromatic rings. The van der Waals surface area contributed by atoms with E-state index in [1.165, 1.54) is 11.8 Å². The van der Waals surface area contributed by atoms with Gasteiger partial charge in [0.1, 0.15) is 0 Å². The number of nitrogens with one attached hydrogen (secondary N) is 1. The molecule has 0 bridgehead atoms. The lowest BCUT2D eigenvalue weighted by Gasteiger charge is -2.25. The van der Waals surface area contributed by atoms with E-state index in [-0.39, 0.29) is 17.9 Å². The molecule has 1 atom stereocenters. The lowest BCUT2D eigenvalue weighted by molar-refractivity contribution is -0.119. The number of carbonyl (C=O) groups excluding carboxylic acids is 1. The average Bonchev–Trinajstić information content (AvgIpc) is 2.41. The molecule has 0 fully saturated rings. The second-order valence-electron chi connectivity index (χ2n) is 5.61. The van der Waals surface area contributed by atoms with Gasteiger partial charge in [-0.2, -0.15) is 5.26 Å². The third-order valence-corrected chi connectivity index (χ3v) is 3.86. The van der Waals surface area contributed by atoms with Crippen molar-refractivity contribution < 1.29 is 9.90 Å². The van der Waals surface area contributed by atoms with Gasteiger partial charge in [0.25, 0.3) is 0 Å². The van der Waals surface area contributed by atoms with Crippen LogP contribution in [-0.4, -0.2) is 29.4 Å². The predicted molar refractivity (Wildman–Crippen MR) is 80.4 cm³/mol. The fourth-order valence-electron chi connectivity index (χ4n) is 1.34. The Morgan fingerprint density at radius 2 is 2.00 bits per heavy atom. The zero-order valence-corrected chi connectivity index (χ0v) is 12.8. The van der Waals surface area contributed by atoms with Crippen molar-refractivity contribution in [3.8, 4) is 6.07 Å². The highest BCUT2D eigenvalue weighted by molar-refractivity contribution is 8.00. The number of amides is 1. The molecule has 0 aromatic heterocycles. The Balaban J connectivity index is 2.34. The summed E-state index contributed by atoms with van der Waals surface area (Å²) in [7, 11) is 0. The number of aliphatic hydroxyl groups excluding tert-OH is 1. The summed E-state index contributed by atoms with van der Waals surface area (Å²) in [4.78, 5) is 12.6. The van der Waals surface area contributed by atoms with Crippen LogP contribution in [0.2, 0.25) is 0 Å². The molecule has 0 aliphatic heterocycles. The van der Waals surface area contributed by atoms with Crippen LogP contribution < -0.4 is 5.32 Å². The van der Waals surface area contributed by atoms with Gasteiger partial charge in [0.15, 0.2) is 0 Å². The maximum atomic E-state index is 11.7. The molecule has 20 heavy (non-hydrogen) atoms. The highest BCUT2D eigenvalue weighted by atomic mass is 32.2. The summed E-state index contributed by atoms with van der Waals surface area (Å²) in [6, 6.07) is 9.14. The van der Waals surface area contributed by atoms with Gasteiger partial charge in [-0.15, -0.1) is 11.8 Å². The van der Waals surface area contributed by atoms with Gasteiger partial charge in [-0.1, -0.05) is 20.8 Å². The molecular formula is C15H20N2O2S. The van der Waals surface area contributed by atoms with Crippen LogP contribution in [0.3, 0.4) is 0 Å². The van der Waals surface area contributed by atoms with Gasteiger partial charge in [-0.25, -0.2) is 0 Å². The number of rotatable bonds is 5. The number of nitrogens with zero attached hydrogens (tertiary/aromatic N) is 1. The first kappa shape index (κ1) is 16.5. The molecule has 5 heteroatoms. The van der Waals surface area contributed by atoms with E-state index in [0.29, 0.717) is 11.3 Å². The number of aliphatic hydroxyl groups is 1. The Morgan fingerprint density at radius 3 is 2.50 bits per heavy atom. The molecule has 1 rings (SSSR count). The number of thioether (sulfide) groups is 1. The zero-order chi connectivity index (χ0) is 15.2. The van der Waals surface area contributed by atoms with E-state index in [2.05, 4.69) is 5.32 Å². The Bertz CT molecular complexity index is 486. The number of carbonyl (C=O) groups is 1. The van der Waals surface area contributed by atoms with Gasteiger partial charge < -0.3 is 10.4 Å². The Kier molecular flexibility index (Phi) is 6.05. The molecule has 1 unspecified atom stereocenters. The molecule has 0 aliphatic rings. The number of hydrogen-bond donors (Lipinski definition) is 2. The van der Waals surface area contributed by atoms with Crippen LogP contribution in [0, 0.1) is 16.7 Å². The van der Waals surface area contributed by atoms with Crippen molar-refractivity contribution in [3.05, 3.63) is 29.8 Å². The summed E-state index contributed by atoms with van der Waals surface area (Å²) in [6.07, 6.45) is -0.564. The average molecular weight is 292 g/mol. The predicted octanol–water partition coefficient (Wildman–Crippen LogP) is 2.17. The first-order valence-corrected chi connectivity index (χ1v) is 7.39. The molecule has 0 heterocycles. The largest absolute Gasteiger partial charge is 0.391 e. The molecular weight excluding hydrogens is 272 g/mol. The normalized spacial score (nSPS) is 12.6. The molecule has 1 amide bonds. The third-order valence-electron chi connectivity index (χ3n) is 2.85. The van der Waals surface area contributed by atoms with Crippen LogP contribution >= 0.6 is 11.8 Å². The van der Waals surface area contributed by atoms with Crippen LogP contribution in [0.15, 0.2) is 29.2 Å². The number of hydrogen-bond acceptors (Lipinski definition) is 4. The quantitative estimate of drug-likeness (QED) is 0.816. The Hall–Kier alpha value is -1.51. The van der Waals surface area contributed by atoms with Crippen molar-refractivity contribution in [3.63, 3.8) is 0 Å². The van der Waals surface area contributed by atoms with Crippen LogP contribution in [0.1, 0.15) is 26.3 Å². The topological polar surface area (TPSA) is 73.1 Å². The second kappa shape index (κ2) is 7.32.